The molecule has 0 unspecified atom stereocenters. The summed E-state index contributed by atoms with van der Waals surface area (Å²) in [4.78, 5) is 24.3. The fourth-order valence-electron chi connectivity index (χ4n) is 4.08. The molecule has 28 heavy (non-hydrogen) atoms. The Balaban J connectivity index is 1.43. The summed E-state index contributed by atoms with van der Waals surface area (Å²) in [7, 11) is 0. The molecule has 5 nitrogen and oxygen atoms in total. The van der Waals surface area contributed by atoms with Gasteiger partial charge in [0.05, 0.1) is 11.2 Å². The van der Waals surface area contributed by atoms with Crippen LogP contribution in [0.2, 0.25) is 5.02 Å². The SMILES string of the molecule is C=C1C(=O)O[C@H]2[C@H]1CCC(COC(=O)c1ccc(Cl)cc1)=CCC[C@@]1(C)O[C@@H]21. The Morgan fingerprint density at radius 1 is 1.36 bits per heavy atom. The summed E-state index contributed by atoms with van der Waals surface area (Å²) in [5.74, 6) is -0.770. The van der Waals surface area contributed by atoms with Crippen LogP contribution in [0, 0.1) is 5.92 Å². The van der Waals surface area contributed by atoms with Crippen LogP contribution in [-0.2, 0) is 19.0 Å². The molecule has 0 bridgehead atoms. The van der Waals surface area contributed by atoms with Gasteiger partial charge < -0.3 is 14.2 Å². The number of carbonyl (C=O) groups excluding carboxylic acids is 2. The van der Waals surface area contributed by atoms with Crippen LogP contribution < -0.4 is 0 Å². The molecule has 0 aromatic heterocycles. The monoisotopic (exact) mass is 402 g/mol. The van der Waals surface area contributed by atoms with Gasteiger partial charge in [-0.3, -0.25) is 0 Å². The van der Waals surface area contributed by atoms with E-state index in [1.165, 1.54) is 0 Å². The van der Waals surface area contributed by atoms with E-state index in [0.29, 0.717) is 22.6 Å². The van der Waals surface area contributed by atoms with Crippen molar-refractivity contribution in [1.29, 1.82) is 0 Å². The number of esters is 2. The van der Waals surface area contributed by atoms with Crippen molar-refractivity contribution < 1.29 is 23.8 Å². The van der Waals surface area contributed by atoms with Crippen molar-refractivity contribution in [3.05, 3.63) is 58.7 Å². The maximum absolute atomic E-state index is 12.3. The minimum Gasteiger partial charge on any atom is -0.458 e. The van der Waals surface area contributed by atoms with Gasteiger partial charge >= 0.3 is 11.9 Å². The molecule has 6 heteroatoms. The highest BCUT2D eigenvalue weighted by Crippen LogP contribution is 2.49. The topological polar surface area (TPSA) is 65.1 Å². The van der Waals surface area contributed by atoms with Gasteiger partial charge in [-0.2, -0.15) is 0 Å². The van der Waals surface area contributed by atoms with Gasteiger partial charge in [-0.05, 0) is 62.4 Å². The Morgan fingerprint density at radius 3 is 2.86 bits per heavy atom. The summed E-state index contributed by atoms with van der Waals surface area (Å²) in [6.45, 7) is 6.20. The maximum atomic E-state index is 12.3. The number of ether oxygens (including phenoxy) is 3. The third-order valence-corrected chi connectivity index (χ3v) is 6.16. The van der Waals surface area contributed by atoms with Gasteiger partial charge in [-0.25, -0.2) is 9.59 Å². The van der Waals surface area contributed by atoms with Gasteiger partial charge in [-0.1, -0.05) is 24.3 Å². The Morgan fingerprint density at radius 2 is 2.11 bits per heavy atom. The number of fused-ring (bicyclic) bond motifs is 3. The largest absolute Gasteiger partial charge is 0.458 e. The van der Waals surface area contributed by atoms with Crippen molar-refractivity contribution in [3.63, 3.8) is 0 Å². The number of benzene rings is 1. The maximum Gasteiger partial charge on any atom is 0.338 e. The number of allylic oxidation sites excluding steroid dienone is 1. The highest BCUT2D eigenvalue weighted by molar-refractivity contribution is 6.30. The van der Waals surface area contributed by atoms with Gasteiger partial charge in [0, 0.05) is 16.5 Å². The second kappa shape index (κ2) is 7.37. The van der Waals surface area contributed by atoms with E-state index in [4.69, 9.17) is 25.8 Å². The fourth-order valence-corrected chi connectivity index (χ4v) is 4.20. The molecule has 1 aliphatic carbocycles. The first-order valence-electron chi connectivity index (χ1n) is 9.55. The van der Waals surface area contributed by atoms with Crippen LogP contribution in [0.5, 0.6) is 0 Å². The van der Waals surface area contributed by atoms with Crippen LogP contribution in [0.25, 0.3) is 0 Å². The van der Waals surface area contributed by atoms with Crippen LogP contribution in [0.4, 0.5) is 0 Å². The molecular formula is C22H23ClO5. The van der Waals surface area contributed by atoms with E-state index < -0.39 is 0 Å². The molecule has 0 saturated carbocycles. The normalized spacial score (nSPS) is 31.9. The lowest BCUT2D eigenvalue weighted by Crippen LogP contribution is -2.29. The predicted octanol–water partition coefficient (Wildman–Crippen LogP) is 4.25. The van der Waals surface area contributed by atoms with E-state index in [1.807, 2.05) is 0 Å². The molecule has 4 rings (SSSR count). The number of hydrogen-bond acceptors (Lipinski definition) is 5. The van der Waals surface area contributed by atoms with Crippen LogP contribution in [0.1, 0.15) is 43.0 Å². The Kier molecular flexibility index (Phi) is 5.06. The first kappa shape index (κ1) is 19.2. The summed E-state index contributed by atoms with van der Waals surface area (Å²) in [6.07, 6.45) is 4.90. The highest BCUT2D eigenvalue weighted by atomic mass is 35.5. The molecule has 1 aromatic rings. The second-order valence-corrected chi connectivity index (χ2v) is 8.31. The smallest absolute Gasteiger partial charge is 0.338 e. The van der Waals surface area contributed by atoms with E-state index in [0.717, 1.165) is 24.8 Å². The summed E-state index contributed by atoms with van der Waals surface area (Å²) in [5, 5.41) is 0.573. The van der Waals surface area contributed by atoms with Crippen molar-refractivity contribution in [3.8, 4) is 0 Å². The molecule has 0 amide bonds. The van der Waals surface area contributed by atoms with Crippen molar-refractivity contribution in [2.24, 2.45) is 5.92 Å². The van der Waals surface area contributed by atoms with Gasteiger partial charge in [0.15, 0.2) is 0 Å². The standard InChI is InChI=1S/C22H23ClO5/c1-13-17-10-5-14(12-26-21(25)15-6-8-16(23)9-7-15)4-3-11-22(2)19(28-22)18(17)27-20(13)24/h4,6-9,17-19H,1,3,5,10-12H2,2H3/t17-,18-,19-,22+/m0/s1. The van der Waals surface area contributed by atoms with Crippen molar-refractivity contribution in [2.75, 3.05) is 6.61 Å². The molecule has 2 aliphatic heterocycles. The lowest BCUT2D eigenvalue weighted by atomic mass is 9.84. The molecule has 0 spiro atoms. The lowest BCUT2D eigenvalue weighted by Gasteiger charge is -2.20. The summed E-state index contributed by atoms with van der Waals surface area (Å²) < 4.78 is 16.9. The van der Waals surface area contributed by atoms with Crippen molar-refractivity contribution in [2.45, 2.75) is 50.4 Å². The van der Waals surface area contributed by atoms with E-state index in [9.17, 15) is 9.59 Å². The molecule has 2 heterocycles. The van der Waals surface area contributed by atoms with Crippen molar-refractivity contribution in [1.82, 2.24) is 0 Å². The molecular weight excluding hydrogens is 380 g/mol. The van der Waals surface area contributed by atoms with Gasteiger partial charge in [0.2, 0.25) is 0 Å². The minimum absolute atomic E-state index is 0.0571. The second-order valence-electron chi connectivity index (χ2n) is 7.88. The van der Waals surface area contributed by atoms with Crippen LogP contribution in [-0.4, -0.2) is 36.4 Å². The molecule has 2 saturated heterocycles. The third-order valence-electron chi connectivity index (χ3n) is 5.91. The molecule has 148 valence electrons. The Hall–Kier alpha value is -2.11. The van der Waals surface area contributed by atoms with E-state index >= 15 is 0 Å². The van der Waals surface area contributed by atoms with E-state index in [2.05, 4.69) is 19.6 Å². The van der Waals surface area contributed by atoms with Crippen molar-refractivity contribution >= 4 is 23.5 Å². The Labute approximate surface area is 169 Å². The average Bonchev–Trinajstić information content (AvgIpc) is 3.26. The quantitative estimate of drug-likeness (QED) is 0.327. The Bertz CT molecular complexity index is 843. The molecule has 4 atom stereocenters. The molecule has 0 radical (unpaired) electrons. The number of carbonyl (C=O) groups is 2. The number of rotatable bonds is 3. The predicted molar refractivity (Wildman–Crippen MR) is 104 cm³/mol. The summed E-state index contributed by atoms with van der Waals surface area (Å²) in [5.41, 5.74) is 1.75. The van der Waals surface area contributed by atoms with Crippen LogP contribution in [0.15, 0.2) is 48.1 Å². The van der Waals surface area contributed by atoms with Gasteiger partial charge in [0.1, 0.15) is 18.8 Å². The highest BCUT2D eigenvalue weighted by Gasteiger charge is 2.61. The number of hydrogen-bond donors (Lipinski definition) is 0. The molecule has 0 N–H and O–H groups in total. The zero-order valence-electron chi connectivity index (χ0n) is 15.8. The minimum atomic E-state index is -0.381. The summed E-state index contributed by atoms with van der Waals surface area (Å²) >= 11 is 5.86. The third kappa shape index (κ3) is 3.74. The first-order valence-corrected chi connectivity index (χ1v) is 9.93. The first-order chi connectivity index (χ1) is 13.4. The molecule has 2 fully saturated rings. The fraction of sp³-hybridized carbons (Fsp3) is 0.455. The average molecular weight is 403 g/mol. The number of epoxide rings is 1. The van der Waals surface area contributed by atoms with Crippen LogP contribution >= 0.6 is 11.6 Å². The van der Waals surface area contributed by atoms with Gasteiger partial charge in [-0.15, -0.1) is 0 Å². The lowest BCUT2D eigenvalue weighted by molar-refractivity contribution is -0.140. The zero-order chi connectivity index (χ0) is 19.9. The van der Waals surface area contributed by atoms with Gasteiger partial charge in [0.25, 0.3) is 0 Å². The van der Waals surface area contributed by atoms with Crippen LogP contribution in [0.3, 0.4) is 0 Å². The summed E-state index contributed by atoms with van der Waals surface area (Å²) in [6, 6.07) is 6.62. The molecule has 1 aromatic carbocycles. The number of halogens is 1. The zero-order valence-corrected chi connectivity index (χ0v) is 16.5. The molecule has 3 aliphatic rings. The van der Waals surface area contributed by atoms with E-state index in [-0.39, 0.29) is 42.3 Å². The van der Waals surface area contributed by atoms with E-state index in [1.54, 1.807) is 24.3 Å².